The Morgan fingerprint density at radius 1 is 1.11 bits per heavy atom. The molecule has 0 radical (unpaired) electrons. The third-order valence-corrected chi connectivity index (χ3v) is 4.08. The Bertz CT molecular complexity index is 380. The summed E-state index contributed by atoms with van der Waals surface area (Å²) < 4.78 is 5.77. The van der Waals surface area contributed by atoms with Gasteiger partial charge in [-0.15, -0.1) is 0 Å². The Morgan fingerprint density at radius 3 is 2.72 bits per heavy atom. The van der Waals surface area contributed by atoms with Crippen LogP contribution in [-0.4, -0.2) is 19.7 Å². The van der Waals surface area contributed by atoms with E-state index < -0.39 is 0 Å². The van der Waals surface area contributed by atoms with Crippen molar-refractivity contribution in [1.82, 2.24) is 5.32 Å². The molecular weight excluding hydrogens is 222 g/mol. The highest BCUT2D eigenvalue weighted by Crippen LogP contribution is 2.29. The van der Waals surface area contributed by atoms with Crippen LogP contribution in [-0.2, 0) is 11.3 Å². The number of hydrogen-bond donors (Lipinski definition) is 1. The Morgan fingerprint density at radius 2 is 1.94 bits per heavy atom. The molecule has 0 spiro atoms. The van der Waals surface area contributed by atoms with Crippen LogP contribution in [0.4, 0.5) is 0 Å². The summed E-state index contributed by atoms with van der Waals surface area (Å²) in [7, 11) is 0. The highest BCUT2D eigenvalue weighted by atomic mass is 16.5. The van der Waals surface area contributed by atoms with Crippen molar-refractivity contribution in [3.05, 3.63) is 35.4 Å². The zero-order chi connectivity index (χ0) is 12.2. The number of ether oxygens (including phenoxy) is 1. The molecule has 0 amide bonds. The lowest BCUT2D eigenvalue weighted by atomic mass is 9.89. The minimum Gasteiger partial charge on any atom is -0.376 e. The van der Waals surface area contributed by atoms with Crippen molar-refractivity contribution in [3.63, 3.8) is 0 Å². The van der Waals surface area contributed by atoms with Crippen molar-refractivity contribution in [2.75, 3.05) is 19.7 Å². The van der Waals surface area contributed by atoms with E-state index in [0.29, 0.717) is 0 Å². The van der Waals surface area contributed by atoms with Gasteiger partial charge in [0.2, 0.25) is 0 Å². The van der Waals surface area contributed by atoms with Gasteiger partial charge in [-0.3, -0.25) is 0 Å². The molecule has 2 aliphatic rings. The lowest BCUT2D eigenvalue weighted by molar-refractivity contribution is 0.111. The van der Waals surface area contributed by atoms with E-state index in [2.05, 4.69) is 29.6 Å². The number of rotatable bonds is 5. The maximum Gasteiger partial charge on any atom is 0.0717 e. The predicted molar refractivity (Wildman–Crippen MR) is 73.7 cm³/mol. The van der Waals surface area contributed by atoms with Crippen LogP contribution < -0.4 is 5.32 Å². The van der Waals surface area contributed by atoms with Crippen LogP contribution in [0.3, 0.4) is 0 Å². The summed E-state index contributed by atoms with van der Waals surface area (Å²) in [6.07, 6.45) is 5.28. The van der Waals surface area contributed by atoms with Crippen molar-refractivity contribution >= 4 is 0 Å². The van der Waals surface area contributed by atoms with E-state index in [0.717, 1.165) is 38.1 Å². The van der Waals surface area contributed by atoms with Crippen LogP contribution >= 0.6 is 0 Å². The molecule has 1 saturated carbocycles. The summed E-state index contributed by atoms with van der Waals surface area (Å²) in [4.78, 5) is 0. The van der Waals surface area contributed by atoms with Gasteiger partial charge in [-0.25, -0.2) is 0 Å². The van der Waals surface area contributed by atoms with E-state index in [1.165, 1.54) is 36.8 Å². The average Bonchev–Trinajstić information content (AvgIpc) is 3.24. The third-order valence-electron chi connectivity index (χ3n) is 4.08. The Kier molecular flexibility index (Phi) is 3.96. The first kappa shape index (κ1) is 12.2. The van der Waals surface area contributed by atoms with Gasteiger partial charge in [0.1, 0.15) is 0 Å². The molecule has 1 saturated heterocycles. The zero-order valence-electron chi connectivity index (χ0n) is 11.0. The summed E-state index contributed by atoms with van der Waals surface area (Å²) >= 11 is 0. The molecule has 2 fully saturated rings. The molecule has 1 aliphatic carbocycles. The lowest BCUT2D eigenvalue weighted by Crippen LogP contribution is -2.26. The largest absolute Gasteiger partial charge is 0.376 e. The van der Waals surface area contributed by atoms with Gasteiger partial charge in [0, 0.05) is 6.61 Å². The van der Waals surface area contributed by atoms with Gasteiger partial charge in [0.25, 0.3) is 0 Å². The first-order chi connectivity index (χ1) is 8.92. The van der Waals surface area contributed by atoms with Gasteiger partial charge in [0.05, 0.1) is 6.61 Å². The molecule has 0 aromatic heterocycles. The van der Waals surface area contributed by atoms with Crippen LogP contribution in [0.15, 0.2) is 24.3 Å². The fourth-order valence-corrected chi connectivity index (χ4v) is 2.72. The molecule has 3 rings (SSSR count). The molecule has 1 N–H and O–H groups in total. The summed E-state index contributed by atoms with van der Waals surface area (Å²) in [5.41, 5.74) is 2.84. The van der Waals surface area contributed by atoms with Gasteiger partial charge >= 0.3 is 0 Å². The quantitative estimate of drug-likeness (QED) is 0.860. The monoisotopic (exact) mass is 245 g/mol. The third kappa shape index (κ3) is 3.33. The normalized spacial score (nSPS) is 21.1. The average molecular weight is 245 g/mol. The second-order valence-electron chi connectivity index (χ2n) is 5.73. The van der Waals surface area contributed by atoms with Gasteiger partial charge in [-0.2, -0.15) is 0 Å². The molecule has 2 heteroatoms. The molecule has 0 bridgehead atoms. The van der Waals surface area contributed by atoms with Gasteiger partial charge in [0.15, 0.2) is 0 Å². The van der Waals surface area contributed by atoms with Crippen molar-refractivity contribution in [2.24, 2.45) is 5.92 Å². The van der Waals surface area contributed by atoms with Crippen molar-refractivity contribution in [1.29, 1.82) is 0 Å². The Labute approximate surface area is 110 Å². The highest BCUT2D eigenvalue weighted by molar-refractivity contribution is 5.26. The second-order valence-corrected chi connectivity index (χ2v) is 5.73. The van der Waals surface area contributed by atoms with E-state index >= 15 is 0 Å². The van der Waals surface area contributed by atoms with Crippen LogP contribution in [0, 0.1) is 5.92 Å². The predicted octanol–water partition coefficient (Wildman–Crippen LogP) is 3.08. The van der Waals surface area contributed by atoms with E-state index in [-0.39, 0.29) is 0 Å². The number of benzene rings is 1. The van der Waals surface area contributed by atoms with Gasteiger partial charge < -0.3 is 10.1 Å². The van der Waals surface area contributed by atoms with E-state index in [1.54, 1.807) is 0 Å². The maximum absolute atomic E-state index is 5.77. The molecule has 0 unspecified atom stereocenters. The zero-order valence-corrected chi connectivity index (χ0v) is 11.0. The van der Waals surface area contributed by atoms with Gasteiger partial charge in [-0.1, -0.05) is 24.3 Å². The molecular formula is C16H23NO. The summed E-state index contributed by atoms with van der Waals surface area (Å²) in [5.74, 6) is 1.60. The fourth-order valence-electron chi connectivity index (χ4n) is 2.72. The van der Waals surface area contributed by atoms with Crippen LogP contribution in [0.25, 0.3) is 0 Å². The molecule has 0 atom stereocenters. The molecule has 2 nitrogen and oxygen atoms in total. The van der Waals surface area contributed by atoms with Crippen LogP contribution in [0.2, 0.25) is 0 Å². The van der Waals surface area contributed by atoms with E-state index in [4.69, 9.17) is 4.74 Å². The number of nitrogens with one attached hydrogen (secondary N) is 1. The lowest BCUT2D eigenvalue weighted by Gasteiger charge is -2.23. The van der Waals surface area contributed by atoms with Crippen molar-refractivity contribution in [2.45, 2.75) is 38.2 Å². The standard InChI is InChI=1S/C16H23NO/c1-2-14(12-18-11-13-4-5-13)10-16(3-1)15-6-8-17-9-7-15/h1-3,10,13,15,17H,4-9,11-12H2. The van der Waals surface area contributed by atoms with Crippen molar-refractivity contribution in [3.8, 4) is 0 Å². The van der Waals surface area contributed by atoms with E-state index in [1.807, 2.05) is 0 Å². The molecule has 1 aromatic carbocycles. The molecule has 18 heavy (non-hydrogen) atoms. The first-order valence-corrected chi connectivity index (χ1v) is 7.29. The summed E-state index contributed by atoms with van der Waals surface area (Å²) in [6.45, 7) is 4.06. The Hall–Kier alpha value is -0.860. The SMILES string of the molecule is c1cc(COCC2CC2)cc(C2CCNCC2)c1. The summed E-state index contributed by atoms with van der Waals surface area (Å²) in [5, 5.41) is 3.43. The topological polar surface area (TPSA) is 21.3 Å². The molecule has 1 heterocycles. The fraction of sp³-hybridized carbons (Fsp3) is 0.625. The van der Waals surface area contributed by atoms with Crippen molar-refractivity contribution < 1.29 is 4.74 Å². The second kappa shape index (κ2) is 5.85. The number of piperidine rings is 1. The highest BCUT2D eigenvalue weighted by Gasteiger charge is 2.21. The number of hydrogen-bond acceptors (Lipinski definition) is 2. The minimum atomic E-state index is 0.745. The maximum atomic E-state index is 5.77. The van der Waals surface area contributed by atoms with Crippen LogP contribution in [0.1, 0.15) is 42.7 Å². The Balaban J connectivity index is 1.56. The van der Waals surface area contributed by atoms with E-state index in [9.17, 15) is 0 Å². The molecule has 1 aromatic rings. The smallest absolute Gasteiger partial charge is 0.0717 e. The minimum absolute atomic E-state index is 0.745. The van der Waals surface area contributed by atoms with Gasteiger partial charge in [-0.05, 0) is 61.7 Å². The molecule has 1 aliphatic heterocycles. The van der Waals surface area contributed by atoms with Crippen LogP contribution in [0.5, 0.6) is 0 Å². The summed E-state index contributed by atoms with van der Waals surface area (Å²) in [6, 6.07) is 9.01. The first-order valence-electron chi connectivity index (χ1n) is 7.29. The molecule has 98 valence electrons.